The van der Waals surface area contributed by atoms with Crippen molar-refractivity contribution in [2.45, 2.75) is 56.0 Å². The molecule has 1 aliphatic carbocycles. The van der Waals surface area contributed by atoms with Crippen LogP contribution in [0.1, 0.15) is 50.1 Å². The molecule has 4 nitrogen and oxygen atoms in total. The van der Waals surface area contributed by atoms with E-state index in [0.717, 1.165) is 12.1 Å². The molecular formula is C20H23FN2O2. The second kappa shape index (κ2) is 5.64. The number of aromatic nitrogens is 2. The normalized spacial score (nSPS) is 25.9. The maximum Gasteiger partial charge on any atom is 0.168 e. The molecule has 1 saturated heterocycles. The maximum atomic E-state index is 15.4. The zero-order valence-corrected chi connectivity index (χ0v) is 14.3. The van der Waals surface area contributed by atoms with Gasteiger partial charge in [0, 0.05) is 18.4 Å². The van der Waals surface area contributed by atoms with Crippen LogP contribution in [0.5, 0.6) is 0 Å². The Morgan fingerprint density at radius 2 is 1.88 bits per heavy atom. The molecule has 0 N–H and O–H groups in total. The first-order chi connectivity index (χ1) is 12.2. The van der Waals surface area contributed by atoms with E-state index in [2.05, 4.69) is 33.8 Å². The van der Waals surface area contributed by atoms with E-state index in [1.165, 1.54) is 11.1 Å². The van der Waals surface area contributed by atoms with Gasteiger partial charge in [0.2, 0.25) is 0 Å². The van der Waals surface area contributed by atoms with Crippen LogP contribution in [0.2, 0.25) is 0 Å². The van der Waals surface area contributed by atoms with Crippen LogP contribution in [-0.2, 0) is 9.47 Å². The molecule has 25 heavy (non-hydrogen) atoms. The first-order valence-corrected chi connectivity index (χ1v) is 9.26. The Balaban J connectivity index is 1.30. The van der Waals surface area contributed by atoms with E-state index in [0.29, 0.717) is 45.3 Å². The average molecular weight is 342 g/mol. The van der Waals surface area contributed by atoms with Gasteiger partial charge in [-0.15, -0.1) is 0 Å². The van der Waals surface area contributed by atoms with Crippen LogP contribution in [0.3, 0.4) is 0 Å². The summed E-state index contributed by atoms with van der Waals surface area (Å²) in [6, 6.07) is 8.60. The monoisotopic (exact) mass is 342 g/mol. The lowest BCUT2D eigenvalue weighted by atomic mass is 9.79. The third kappa shape index (κ3) is 2.52. The first-order valence-electron chi connectivity index (χ1n) is 9.26. The van der Waals surface area contributed by atoms with Crippen LogP contribution in [0, 0.1) is 0 Å². The van der Waals surface area contributed by atoms with Crippen molar-refractivity contribution in [2.75, 3.05) is 13.2 Å². The Bertz CT molecular complexity index is 772. The average Bonchev–Trinajstić information content (AvgIpc) is 3.34. The van der Waals surface area contributed by atoms with Gasteiger partial charge in [-0.2, -0.15) is 0 Å². The zero-order chi connectivity index (χ0) is 16.9. The highest BCUT2D eigenvalue weighted by Gasteiger charge is 2.46. The summed E-state index contributed by atoms with van der Waals surface area (Å²) in [4.78, 5) is 4.29. The fourth-order valence-electron chi connectivity index (χ4n) is 4.74. The van der Waals surface area contributed by atoms with Crippen molar-refractivity contribution in [3.05, 3.63) is 42.4 Å². The van der Waals surface area contributed by atoms with Crippen molar-refractivity contribution >= 4 is 0 Å². The maximum absolute atomic E-state index is 15.4. The van der Waals surface area contributed by atoms with Crippen LogP contribution in [-0.4, -0.2) is 34.2 Å². The van der Waals surface area contributed by atoms with Gasteiger partial charge in [0.05, 0.1) is 37.5 Å². The lowest BCUT2D eigenvalue weighted by Crippen LogP contribution is -2.41. The highest BCUT2D eigenvalue weighted by atomic mass is 19.1. The quantitative estimate of drug-likeness (QED) is 0.836. The summed E-state index contributed by atoms with van der Waals surface area (Å²) >= 11 is 0. The van der Waals surface area contributed by atoms with E-state index >= 15 is 4.39 Å². The summed E-state index contributed by atoms with van der Waals surface area (Å²) in [6.45, 7) is 1.28. The number of halogens is 1. The molecule has 1 atom stereocenters. The molecule has 1 spiro atoms. The largest absolute Gasteiger partial charge is 0.348 e. The third-order valence-corrected chi connectivity index (χ3v) is 6.18. The van der Waals surface area contributed by atoms with Gasteiger partial charge in [-0.1, -0.05) is 24.3 Å². The van der Waals surface area contributed by atoms with Crippen molar-refractivity contribution < 1.29 is 13.9 Å². The van der Waals surface area contributed by atoms with Crippen molar-refractivity contribution in [3.8, 4) is 11.3 Å². The Kier molecular flexibility index (Phi) is 3.51. The third-order valence-electron chi connectivity index (χ3n) is 6.18. The first kappa shape index (κ1) is 15.5. The predicted octanol–water partition coefficient (Wildman–Crippen LogP) is 4.26. The summed E-state index contributed by atoms with van der Waals surface area (Å²) in [5.41, 5.74) is 2.55. The minimum Gasteiger partial charge on any atom is -0.348 e. The van der Waals surface area contributed by atoms with E-state index < -0.39 is 11.5 Å². The zero-order valence-electron chi connectivity index (χ0n) is 14.3. The summed E-state index contributed by atoms with van der Waals surface area (Å²) in [7, 11) is 0. The fourth-order valence-corrected chi connectivity index (χ4v) is 4.74. The van der Waals surface area contributed by atoms with Gasteiger partial charge in [0.25, 0.3) is 0 Å². The predicted molar refractivity (Wildman–Crippen MR) is 92.0 cm³/mol. The topological polar surface area (TPSA) is 36.3 Å². The molecule has 2 aliphatic heterocycles. The molecule has 2 aromatic rings. The van der Waals surface area contributed by atoms with Crippen LogP contribution < -0.4 is 0 Å². The molecule has 0 radical (unpaired) electrons. The number of hydrogen-bond donors (Lipinski definition) is 0. The number of imidazole rings is 1. The molecule has 1 saturated carbocycles. The molecule has 3 aliphatic rings. The second-order valence-electron chi connectivity index (χ2n) is 7.59. The molecule has 0 bridgehead atoms. The van der Waals surface area contributed by atoms with Crippen LogP contribution in [0.15, 0.2) is 36.8 Å². The van der Waals surface area contributed by atoms with Gasteiger partial charge in [-0.25, -0.2) is 9.37 Å². The number of nitrogens with zero attached hydrogens (tertiary/aromatic N) is 2. The van der Waals surface area contributed by atoms with Crippen molar-refractivity contribution in [3.63, 3.8) is 0 Å². The number of ether oxygens (including phenoxy) is 2. The number of rotatable bonds is 3. The molecular weight excluding hydrogens is 319 g/mol. The molecule has 0 amide bonds. The van der Waals surface area contributed by atoms with Crippen molar-refractivity contribution in [1.29, 1.82) is 0 Å². The van der Waals surface area contributed by atoms with E-state index in [9.17, 15) is 0 Å². The van der Waals surface area contributed by atoms with Crippen molar-refractivity contribution in [1.82, 2.24) is 9.55 Å². The Morgan fingerprint density at radius 1 is 1.12 bits per heavy atom. The summed E-state index contributed by atoms with van der Waals surface area (Å²) in [5.74, 6) is -0.493. The van der Waals surface area contributed by atoms with Gasteiger partial charge < -0.3 is 14.0 Å². The fraction of sp³-hybridized carbons (Fsp3) is 0.550. The van der Waals surface area contributed by atoms with E-state index in [1.807, 2.05) is 12.5 Å². The summed E-state index contributed by atoms with van der Waals surface area (Å²) < 4.78 is 29.1. The van der Waals surface area contributed by atoms with E-state index in [-0.39, 0.29) is 6.04 Å². The highest BCUT2D eigenvalue weighted by Crippen LogP contribution is 2.47. The molecule has 5 heteroatoms. The van der Waals surface area contributed by atoms with Crippen LogP contribution in [0.4, 0.5) is 4.39 Å². The number of fused-ring (bicyclic) bond motifs is 3. The van der Waals surface area contributed by atoms with Gasteiger partial charge in [-0.05, 0) is 31.2 Å². The number of hydrogen-bond acceptors (Lipinski definition) is 3. The molecule has 5 rings (SSSR count). The van der Waals surface area contributed by atoms with E-state index in [1.54, 1.807) is 0 Å². The Hall–Kier alpha value is -1.72. The summed E-state index contributed by atoms with van der Waals surface area (Å²) in [5, 5.41) is 0. The second-order valence-corrected chi connectivity index (χ2v) is 7.59. The standard InChI is InChI=1S/C20H23FN2O2/c21-19(7-9-20(10-8-19)24-11-12-25-20)6-5-17-15-3-1-2-4-16(15)18-13-22-14-23(17)18/h1-4,13-14,17H,5-12H2. The van der Waals surface area contributed by atoms with E-state index in [4.69, 9.17) is 9.47 Å². The molecule has 1 aromatic carbocycles. The molecule has 132 valence electrons. The highest BCUT2D eigenvalue weighted by molar-refractivity contribution is 5.68. The molecule has 1 unspecified atom stereocenters. The van der Waals surface area contributed by atoms with Gasteiger partial charge in [0.15, 0.2) is 5.79 Å². The molecule has 3 heterocycles. The number of benzene rings is 1. The minimum absolute atomic E-state index is 0.191. The molecule has 1 aromatic heterocycles. The smallest absolute Gasteiger partial charge is 0.168 e. The number of alkyl halides is 1. The summed E-state index contributed by atoms with van der Waals surface area (Å²) in [6.07, 6.45) is 7.54. The van der Waals surface area contributed by atoms with Gasteiger partial charge in [0.1, 0.15) is 5.67 Å². The van der Waals surface area contributed by atoms with Crippen LogP contribution >= 0.6 is 0 Å². The Labute approximate surface area is 147 Å². The lowest BCUT2D eigenvalue weighted by Gasteiger charge is -2.39. The van der Waals surface area contributed by atoms with Gasteiger partial charge in [-0.3, -0.25) is 0 Å². The SMILES string of the molecule is FC1(CCC2c3ccccc3-c3cncn32)CCC2(CC1)OCCO2. The minimum atomic E-state index is -1.11. The Morgan fingerprint density at radius 3 is 2.68 bits per heavy atom. The molecule has 2 fully saturated rings. The lowest BCUT2D eigenvalue weighted by molar-refractivity contribution is -0.194. The van der Waals surface area contributed by atoms with Crippen molar-refractivity contribution in [2.24, 2.45) is 0 Å². The van der Waals surface area contributed by atoms with Crippen LogP contribution in [0.25, 0.3) is 11.3 Å². The van der Waals surface area contributed by atoms with Gasteiger partial charge >= 0.3 is 0 Å².